The summed E-state index contributed by atoms with van der Waals surface area (Å²) in [6.45, 7) is 7.11. The van der Waals surface area contributed by atoms with E-state index in [0.29, 0.717) is 6.04 Å². The van der Waals surface area contributed by atoms with Crippen molar-refractivity contribution in [3.63, 3.8) is 0 Å². The highest BCUT2D eigenvalue weighted by Gasteiger charge is 2.22. The molecule has 1 saturated heterocycles. The Labute approximate surface area is 169 Å². The van der Waals surface area contributed by atoms with Gasteiger partial charge in [-0.25, -0.2) is 0 Å². The average molecular weight is 392 g/mol. The van der Waals surface area contributed by atoms with Crippen LogP contribution in [0.2, 0.25) is 0 Å². The van der Waals surface area contributed by atoms with Gasteiger partial charge in [0.05, 0.1) is 14.2 Å². The lowest BCUT2D eigenvalue weighted by Gasteiger charge is -2.38. The Kier molecular flexibility index (Phi) is 7.19. The van der Waals surface area contributed by atoms with E-state index in [1.54, 1.807) is 14.2 Å². The molecule has 5 nitrogen and oxygen atoms in total. The third-order valence-electron chi connectivity index (χ3n) is 5.83. The molecule has 1 saturated carbocycles. The second-order valence-corrected chi connectivity index (χ2v) is 8.07. The summed E-state index contributed by atoms with van der Waals surface area (Å²) in [5, 5.41) is 4.55. The first-order valence-electron chi connectivity index (χ1n) is 10.1. The van der Waals surface area contributed by atoms with Gasteiger partial charge in [-0.1, -0.05) is 19.3 Å². The summed E-state index contributed by atoms with van der Waals surface area (Å²) >= 11 is 5.67. The zero-order valence-corrected chi connectivity index (χ0v) is 17.7. The van der Waals surface area contributed by atoms with Gasteiger partial charge in [0.15, 0.2) is 16.6 Å². The number of piperazine rings is 1. The predicted molar refractivity (Wildman–Crippen MR) is 114 cm³/mol. The molecule has 150 valence electrons. The van der Waals surface area contributed by atoms with Crippen LogP contribution in [0.3, 0.4) is 0 Å². The number of nitrogens with one attached hydrogen (secondary N) is 1. The van der Waals surface area contributed by atoms with E-state index in [2.05, 4.69) is 34.2 Å². The molecule has 1 aromatic carbocycles. The van der Waals surface area contributed by atoms with E-state index >= 15 is 0 Å². The Morgan fingerprint density at radius 1 is 1.04 bits per heavy atom. The van der Waals surface area contributed by atoms with E-state index in [9.17, 15) is 0 Å². The minimum atomic E-state index is 0.582. The number of aryl methyl sites for hydroxylation is 1. The summed E-state index contributed by atoms with van der Waals surface area (Å²) in [5.74, 6) is 1.59. The quantitative estimate of drug-likeness (QED) is 0.776. The van der Waals surface area contributed by atoms with Gasteiger partial charge in [0.2, 0.25) is 0 Å². The second kappa shape index (κ2) is 9.60. The Bertz CT molecular complexity index is 639. The van der Waals surface area contributed by atoms with Crippen LogP contribution in [0.25, 0.3) is 0 Å². The maximum atomic E-state index is 5.67. The maximum absolute atomic E-state index is 5.67. The number of rotatable bonds is 5. The molecular formula is C21H33N3O2S. The van der Waals surface area contributed by atoms with Crippen LogP contribution in [0.4, 0.5) is 0 Å². The molecule has 1 aliphatic heterocycles. The molecule has 0 aromatic heterocycles. The number of hydrogen-bond donors (Lipinski definition) is 1. The number of nitrogens with zero attached hydrogens (tertiary/aromatic N) is 2. The monoisotopic (exact) mass is 391 g/mol. The van der Waals surface area contributed by atoms with Crippen molar-refractivity contribution in [1.29, 1.82) is 0 Å². The molecule has 0 amide bonds. The first-order chi connectivity index (χ1) is 13.1. The highest BCUT2D eigenvalue weighted by atomic mass is 32.1. The summed E-state index contributed by atoms with van der Waals surface area (Å²) in [5.41, 5.74) is 2.54. The highest BCUT2D eigenvalue weighted by molar-refractivity contribution is 7.80. The molecule has 2 fully saturated rings. The van der Waals surface area contributed by atoms with Gasteiger partial charge in [0.1, 0.15) is 0 Å². The molecule has 6 heteroatoms. The number of hydrogen-bond acceptors (Lipinski definition) is 4. The lowest BCUT2D eigenvalue weighted by molar-refractivity contribution is 0.173. The molecule has 2 aliphatic rings. The molecule has 1 aromatic rings. The lowest BCUT2D eigenvalue weighted by Crippen LogP contribution is -2.53. The molecule has 0 bridgehead atoms. The molecule has 3 rings (SSSR count). The van der Waals surface area contributed by atoms with Crippen molar-refractivity contribution >= 4 is 17.3 Å². The minimum Gasteiger partial charge on any atom is -0.493 e. The fourth-order valence-electron chi connectivity index (χ4n) is 4.06. The largest absolute Gasteiger partial charge is 0.493 e. The van der Waals surface area contributed by atoms with Crippen LogP contribution in [-0.4, -0.2) is 61.4 Å². The van der Waals surface area contributed by atoms with Crippen LogP contribution in [0.5, 0.6) is 11.5 Å². The fourth-order valence-corrected chi connectivity index (χ4v) is 4.41. The molecule has 0 radical (unpaired) electrons. The van der Waals surface area contributed by atoms with E-state index in [1.807, 2.05) is 0 Å². The lowest BCUT2D eigenvalue weighted by atomic mass is 9.96. The number of ether oxygens (including phenoxy) is 2. The van der Waals surface area contributed by atoms with Crippen LogP contribution in [0, 0.1) is 6.92 Å². The number of methoxy groups -OCH3 is 2. The van der Waals surface area contributed by atoms with E-state index < -0.39 is 0 Å². The van der Waals surface area contributed by atoms with E-state index in [1.165, 1.54) is 43.2 Å². The topological polar surface area (TPSA) is 37.0 Å². The molecule has 0 atom stereocenters. The smallest absolute Gasteiger partial charge is 0.169 e. The summed E-state index contributed by atoms with van der Waals surface area (Å²) in [6.07, 6.45) is 6.56. The van der Waals surface area contributed by atoms with Gasteiger partial charge in [-0.15, -0.1) is 0 Å². The van der Waals surface area contributed by atoms with Gasteiger partial charge in [-0.3, -0.25) is 4.90 Å². The van der Waals surface area contributed by atoms with Crippen molar-refractivity contribution in [2.24, 2.45) is 0 Å². The zero-order valence-electron chi connectivity index (χ0n) is 16.9. The third-order valence-corrected chi connectivity index (χ3v) is 6.20. The van der Waals surface area contributed by atoms with Gasteiger partial charge in [0, 0.05) is 38.8 Å². The molecule has 1 heterocycles. The first-order valence-corrected chi connectivity index (χ1v) is 10.5. The summed E-state index contributed by atoms with van der Waals surface area (Å²) < 4.78 is 10.9. The standard InChI is InChI=1S/C21H33N3O2S/c1-16-13-19(25-2)20(26-3)14-17(16)15-23-9-11-24(12-10-23)21(27)22-18-7-5-4-6-8-18/h13-14,18H,4-12,15H2,1-3H3,(H,22,27). The van der Waals surface area contributed by atoms with E-state index in [-0.39, 0.29) is 0 Å². The predicted octanol–water partition coefficient (Wildman–Crippen LogP) is 3.34. The molecule has 27 heavy (non-hydrogen) atoms. The van der Waals surface area contributed by atoms with Gasteiger partial charge >= 0.3 is 0 Å². The molecule has 1 N–H and O–H groups in total. The van der Waals surface area contributed by atoms with Crippen molar-refractivity contribution in [2.75, 3.05) is 40.4 Å². The van der Waals surface area contributed by atoms with Crippen LogP contribution >= 0.6 is 12.2 Å². The summed E-state index contributed by atoms with van der Waals surface area (Å²) in [6, 6.07) is 4.75. The third kappa shape index (κ3) is 5.26. The number of thiocarbonyl (C=S) groups is 1. The van der Waals surface area contributed by atoms with Crippen LogP contribution in [-0.2, 0) is 6.54 Å². The van der Waals surface area contributed by atoms with E-state index in [0.717, 1.165) is 49.3 Å². The first kappa shape index (κ1) is 20.2. The normalized spacial score (nSPS) is 19.0. The second-order valence-electron chi connectivity index (χ2n) is 7.68. The van der Waals surface area contributed by atoms with Crippen LogP contribution in [0.15, 0.2) is 12.1 Å². The van der Waals surface area contributed by atoms with Crippen molar-refractivity contribution in [3.05, 3.63) is 23.3 Å². The van der Waals surface area contributed by atoms with Crippen LogP contribution in [0.1, 0.15) is 43.2 Å². The van der Waals surface area contributed by atoms with Gasteiger partial charge in [-0.2, -0.15) is 0 Å². The molecular weight excluding hydrogens is 358 g/mol. The fraction of sp³-hybridized carbons (Fsp3) is 0.667. The molecule has 0 spiro atoms. The van der Waals surface area contributed by atoms with E-state index in [4.69, 9.17) is 21.7 Å². The Morgan fingerprint density at radius 3 is 2.30 bits per heavy atom. The van der Waals surface area contributed by atoms with Crippen LogP contribution < -0.4 is 14.8 Å². The Morgan fingerprint density at radius 2 is 1.67 bits per heavy atom. The molecule has 1 aliphatic carbocycles. The minimum absolute atomic E-state index is 0.582. The van der Waals surface area contributed by atoms with Crippen molar-refractivity contribution < 1.29 is 9.47 Å². The average Bonchev–Trinajstić information content (AvgIpc) is 2.70. The zero-order chi connectivity index (χ0) is 19.2. The van der Waals surface area contributed by atoms with Gasteiger partial charge < -0.3 is 19.7 Å². The summed E-state index contributed by atoms with van der Waals surface area (Å²) in [4.78, 5) is 4.83. The Balaban J connectivity index is 1.51. The molecule has 0 unspecified atom stereocenters. The van der Waals surface area contributed by atoms with Gasteiger partial charge in [-0.05, 0) is 55.2 Å². The van der Waals surface area contributed by atoms with Crippen molar-refractivity contribution in [2.45, 2.75) is 51.6 Å². The summed E-state index contributed by atoms with van der Waals surface area (Å²) in [7, 11) is 3.37. The van der Waals surface area contributed by atoms with Crippen molar-refractivity contribution in [3.8, 4) is 11.5 Å². The number of benzene rings is 1. The SMILES string of the molecule is COc1cc(C)c(CN2CCN(C(=S)NC3CCCCC3)CC2)cc1OC. The van der Waals surface area contributed by atoms with Gasteiger partial charge in [0.25, 0.3) is 0 Å². The highest BCUT2D eigenvalue weighted by Crippen LogP contribution is 2.31. The van der Waals surface area contributed by atoms with Crippen molar-refractivity contribution in [1.82, 2.24) is 15.1 Å². The Hall–Kier alpha value is -1.53. The maximum Gasteiger partial charge on any atom is 0.169 e.